The summed E-state index contributed by atoms with van der Waals surface area (Å²) in [5.41, 5.74) is 8.27. The molecule has 0 aliphatic carbocycles. The van der Waals surface area contributed by atoms with Gasteiger partial charge in [-0.1, -0.05) is 12.1 Å². The molecule has 0 radical (unpaired) electrons. The number of aromatic nitrogens is 1. The number of amides is 2. The van der Waals surface area contributed by atoms with Crippen molar-refractivity contribution in [3.8, 4) is 11.8 Å². The van der Waals surface area contributed by atoms with Crippen LogP contribution in [0.2, 0.25) is 0 Å². The first-order chi connectivity index (χ1) is 16.1. The number of unbranched alkanes of at least 4 members (excludes halogenated alkanes) is 1. The number of methoxy groups -OCH3 is 1. The zero-order valence-electron chi connectivity index (χ0n) is 19.0. The molecule has 2 heterocycles. The van der Waals surface area contributed by atoms with Gasteiger partial charge in [0, 0.05) is 43.6 Å². The van der Waals surface area contributed by atoms with Crippen molar-refractivity contribution in [2.45, 2.75) is 12.8 Å². The van der Waals surface area contributed by atoms with Crippen molar-refractivity contribution in [2.24, 2.45) is 5.73 Å². The lowest BCUT2D eigenvalue weighted by atomic mass is 10.2. The number of aromatic amines is 1. The van der Waals surface area contributed by atoms with Crippen molar-refractivity contribution in [1.82, 2.24) is 9.88 Å². The lowest BCUT2D eigenvalue weighted by Crippen LogP contribution is -2.46. The number of piperazine rings is 1. The minimum absolute atomic E-state index is 0.479. The fourth-order valence-electron chi connectivity index (χ4n) is 4.39. The number of rotatable bonds is 8. The molecule has 0 spiro atoms. The summed E-state index contributed by atoms with van der Waals surface area (Å²) in [5, 5.41) is 9.98. The van der Waals surface area contributed by atoms with Gasteiger partial charge in [0.25, 0.3) is 0 Å². The molecule has 1 saturated heterocycles. The highest BCUT2D eigenvalue weighted by Gasteiger charge is 2.20. The number of primary amides is 1. The number of nitrogens with one attached hydrogen (secondary N) is 1. The van der Waals surface area contributed by atoms with Crippen LogP contribution >= 0.6 is 0 Å². The largest absolute Gasteiger partial charge is 0.495 e. The van der Waals surface area contributed by atoms with Crippen molar-refractivity contribution in [3.63, 3.8) is 0 Å². The maximum Gasteiger partial charge on any atom is 0.320 e. The highest BCUT2D eigenvalue weighted by molar-refractivity contribution is 5.94. The van der Waals surface area contributed by atoms with Crippen molar-refractivity contribution in [3.05, 3.63) is 54.1 Å². The second-order valence-corrected chi connectivity index (χ2v) is 8.27. The molecule has 1 aliphatic rings. The summed E-state index contributed by atoms with van der Waals surface area (Å²) in [6.07, 6.45) is 1.84. The first-order valence-electron chi connectivity index (χ1n) is 11.3. The van der Waals surface area contributed by atoms with Gasteiger partial charge in [-0.2, -0.15) is 5.26 Å². The Bertz CT molecular complexity index is 1140. The number of fused-ring (bicyclic) bond motifs is 1. The van der Waals surface area contributed by atoms with E-state index in [1.165, 1.54) is 0 Å². The molecule has 8 nitrogen and oxygen atoms in total. The fraction of sp³-hybridized carbons (Fsp3) is 0.360. The molecule has 2 aromatic carbocycles. The number of nitrogens with two attached hydrogens (primary N) is 1. The Hall–Kier alpha value is -3.70. The van der Waals surface area contributed by atoms with E-state index in [4.69, 9.17) is 15.7 Å². The Balaban J connectivity index is 1.27. The molecule has 33 heavy (non-hydrogen) atoms. The zero-order chi connectivity index (χ0) is 23.2. The van der Waals surface area contributed by atoms with Crippen LogP contribution in [-0.2, 0) is 0 Å². The van der Waals surface area contributed by atoms with Gasteiger partial charge < -0.3 is 20.4 Å². The van der Waals surface area contributed by atoms with Gasteiger partial charge in [-0.05, 0) is 55.8 Å². The van der Waals surface area contributed by atoms with E-state index >= 15 is 0 Å². The number of hydrogen-bond acceptors (Lipinski definition) is 5. The standard InChI is InChI=1S/C25H30N6O2/c1-33-23-7-3-2-6-22(23)30-14-12-29(13-15-30)10-4-5-11-31(25(27)32)24-17-20-16-19(18-26)8-9-21(20)28-24/h2-3,6-9,16-17,28H,4-5,10-15H2,1H3,(H2,27,32). The van der Waals surface area contributed by atoms with Crippen molar-refractivity contribution < 1.29 is 9.53 Å². The SMILES string of the molecule is COc1ccccc1N1CCN(CCCCN(C(N)=O)c2cc3cc(C#N)ccc3[nH]2)CC1. The maximum absolute atomic E-state index is 12.1. The predicted octanol–water partition coefficient (Wildman–Crippen LogP) is 3.54. The smallest absolute Gasteiger partial charge is 0.320 e. The summed E-state index contributed by atoms with van der Waals surface area (Å²) in [4.78, 5) is 21.7. The number of carbonyl (C=O) groups is 1. The third kappa shape index (κ3) is 5.21. The number of nitriles is 1. The summed E-state index contributed by atoms with van der Waals surface area (Å²) in [5.74, 6) is 1.58. The number of carbonyl (C=O) groups excluding carboxylic acids is 1. The Kier molecular flexibility index (Phi) is 7.01. The molecule has 8 heteroatoms. The second-order valence-electron chi connectivity index (χ2n) is 8.27. The highest BCUT2D eigenvalue weighted by atomic mass is 16.5. The average molecular weight is 447 g/mol. The molecule has 3 aromatic rings. The topological polar surface area (TPSA) is 102 Å². The van der Waals surface area contributed by atoms with Crippen molar-refractivity contribution >= 4 is 28.4 Å². The summed E-state index contributed by atoms with van der Waals surface area (Å²) < 4.78 is 5.50. The van der Waals surface area contributed by atoms with E-state index < -0.39 is 6.03 Å². The first-order valence-corrected chi connectivity index (χ1v) is 11.3. The van der Waals surface area contributed by atoms with E-state index in [9.17, 15) is 4.79 Å². The first kappa shape index (κ1) is 22.5. The van der Waals surface area contributed by atoms with Crippen LogP contribution in [0.5, 0.6) is 5.75 Å². The molecule has 0 atom stereocenters. The van der Waals surface area contributed by atoms with E-state index in [-0.39, 0.29) is 0 Å². The van der Waals surface area contributed by atoms with E-state index in [0.717, 1.165) is 67.9 Å². The molecule has 3 N–H and O–H groups in total. The average Bonchev–Trinajstić information content (AvgIpc) is 3.26. The van der Waals surface area contributed by atoms with Crippen molar-refractivity contribution in [1.29, 1.82) is 5.26 Å². The molecule has 0 saturated carbocycles. The minimum Gasteiger partial charge on any atom is -0.495 e. The van der Waals surface area contributed by atoms with E-state index in [1.54, 1.807) is 24.1 Å². The Morgan fingerprint density at radius 2 is 1.94 bits per heavy atom. The number of H-pyrrole nitrogens is 1. The van der Waals surface area contributed by atoms with Crippen LogP contribution in [0.3, 0.4) is 0 Å². The quantitative estimate of drug-likeness (QED) is 0.516. The Labute approximate surface area is 194 Å². The van der Waals surface area contributed by atoms with Gasteiger partial charge in [-0.25, -0.2) is 4.79 Å². The third-order valence-electron chi connectivity index (χ3n) is 6.20. The molecule has 2 amide bonds. The Morgan fingerprint density at radius 1 is 1.15 bits per heavy atom. The van der Waals surface area contributed by atoms with Gasteiger partial charge in [0.1, 0.15) is 11.6 Å². The Morgan fingerprint density at radius 3 is 2.67 bits per heavy atom. The minimum atomic E-state index is -0.479. The zero-order valence-corrected chi connectivity index (χ0v) is 19.0. The van der Waals surface area contributed by atoms with Crippen molar-refractivity contribution in [2.75, 3.05) is 56.2 Å². The van der Waals surface area contributed by atoms with Gasteiger partial charge in [0.15, 0.2) is 0 Å². The molecule has 1 aliphatic heterocycles. The third-order valence-corrected chi connectivity index (χ3v) is 6.20. The second kappa shape index (κ2) is 10.3. The van der Waals surface area contributed by atoms with E-state index in [2.05, 4.69) is 26.9 Å². The molecular weight excluding hydrogens is 416 g/mol. The summed E-state index contributed by atoms with van der Waals surface area (Å²) in [6, 6.07) is 17.1. The van der Waals surface area contributed by atoms with Crippen LogP contribution in [-0.4, -0.2) is 62.3 Å². The fourth-order valence-corrected chi connectivity index (χ4v) is 4.39. The van der Waals surface area contributed by atoms with Crippen LogP contribution in [0.25, 0.3) is 10.9 Å². The molecule has 0 unspecified atom stereocenters. The molecule has 1 fully saturated rings. The van der Waals surface area contributed by atoms with Crippen LogP contribution < -0.4 is 20.3 Å². The summed E-state index contributed by atoms with van der Waals surface area (Å²) in [6.45, 7) is 5.47. The lowest BCUT2D eigenvalue weighted by Gasteiger charge is -2.36. The van der Waals surface area contributed by atoms with Gasteiger partial charge in [0.05, 0.1) is 24.4 Å². The number of anilines is 2. The summed E-state index contributed by atoms with van der Waals surface area (Å²) in [7, 11) is 1.71. The molecule has 1 aromatic heterocycles. The normalized spacial score (nSPS) is 14.2. The highest BCUT2D eigenvalue weighted by Crippen LogP contribution is 2.28. The molecule has 0 bridgehead atoms. The number of para-hydroxylation sites is 2. The van der Waals surface area contributed by atoms with Gasteiger partial charge in [-0.3, -0.25) is 9.80 Å². The van der Waals surface area contributed by atoms with Gasteiger partial charge in [-0.15, -0.1) is 0 Å². The van der Waals surface area contributed by atoms with Crippen LogP contribution in [0.1, 0.15) is 18.4 Å². The number of urea groups is 1. The van der Waals surface area contributed by atoms with Crippen LogP contribution in [0.15, 0.2) is 48.5 Å². The monoisotopic (exact) mass is 446 g/mol. The molecular formula is C25H30N6O2. The summed E-state index contributed by atoms with van der Waals surface area (Å²) >= 11 is 0. The number of hydrogen-bond donors (Lipinski definition) is 2. The molecule has 4 rings (SSSR count). The van der Waals surface area contributed by atoms with E-state index in [1.807, 2.05) is 30.3 Å². The number of ether oxygens (including phenoxy) is 1. The maximum atomic E-state index is 12.1. The van der Waals surface area contributed by atoms with Gasteiger partial charge in [0.2, 0.25) is 0 Å². The van der Waals surface area contributed by atoms with Crippen LogP contribution in [0, 0.1) is 11.3 Å². The van der Waals surface area contributed by atoms with Crippen LogP contribution in [0.4, 0.5) is 16.3 Å². The molecule has 172 valence electrons. The number of benzene rings is 2. The lowest BCUT2D eigenvalue weighted by molar-refractivity contribution is 0.248. The number of nitrogens with zero attached hydrogens (tertiary/aromatic N) is 4. The van der Waals surface area contributed by atoms with E-state index in [0.29, 0.717) is 17.9 Å². The van der Waals surface area contributed by atoms with Gasteiger partial charge >= 0.3 is 6.03 Å². The predicted molar refractivity (Wildman–Crippen MR) is 131 cm³/mol.